The van der Waals surface area contributed by atoms with Crippen molar-refractivity contribution in [2.24, 2.45) is 0 Å². The molecule has 0 atom stereocenters. The fourth-order valence-electron chi connectivity index (χ4n) is 0.705. The van der Waals surface area contributed by atoms with Crippen molar-refractivity contribution in [1.29, 1.82) is 0 Å². The fourth-order valence-corrected chi connectivity index (χ4v) is 0.705. The molecule has 0 N–H and O–H groups in total. The van der Waals surface area contributed by atoms with Crippen LogP contribution in [0.15, 0.2) is 0 Å². The first-order chi connectivity index (χ1) is 5.10. The molecular formula is C7H21N3O2+2. The Hall–Kier alpha value is -0.200. The molecule has 0 aromatic carbocycles. The van der Waals surface area contributed by atoms with Gasteiger partial charge in [-0.3, -0.25) is 0 Å². The molecule has 0 rings (SSSR count). The van der Waals surface area contributed by atoms with Gasteiger partial charge >= 0.3 is 0 Å². The third kappa shape index (κ3) is 7.90. The maximum absolute atomic E-state index is 5.35. The molecule has 0 heterocycles. The molecule has 0 aliphatic carbocycles. The highest BCUT2D eigenvalue weighted by molar-refractivity contribution is 3.89. The Labute approximate surface area is 74.7 Å². The van der Waals surface area contributed by atoms with E-state index >= 15 is 0 Å². The van der Waals surface area contributed by atoms with Crippen molar-refractivity contribution in [2.45, 2.75) is 0 Å². The Kier molecular flexibility index (Phi) is 3.61. The third-order valence-corrected chi connectivity index (χ3v) is 0.720. The van der Waals surface area contributed by atoms with Crippen LogP contribution in [0.25, 0.3) is 0 Å². The summed E-state index contributed by atoms with van der Waals surface area (Å²) in [5, 5.41) is 1.36. The van der Waals surface area contributed by atoms with Gasteiger partial charge in [-0.1, -0.05) is 9.88 Å². The molecule has 0 aromatic heterocycles. The molecule has 0 aromatic rings. The molecule has 0 amide bonds. The lowest BCUT2D eigenvalue weighted by Gasteiger charge is -2.28. The minimum absolute atomic E-state index is 0.372. The zero-order valence-corrected chi connectivity index (χ0v) is 9.16. The summed E-state index contributed by atoms with van der Waals surface area (Å²) in [7, 11) is 13.2. The molecule has 12 heavy (non-hydrogen) atoms. The molecule has 0 radical (unpaired) electrons. The lowest BCUT2D eigenvalue weighted by atomic mass is 10.9. The summed E-state index contributed by atoms with van der Waals surface area (Å²) in [4.78, 5) is 10.7. The molecule has 0 saturated heterocycles. The van der Waals surface area contributed by atoms with Crippen LogP contribution in [-0.4, -0.2) is 63.9 Å². The maximum atomic E-state index is 5.35. The first-order valence-corrected chi connectivity index (χ1v) is 3.86. The SMILES string of the molecule is CN(O[N+](C)(C)C)O[N+](C)(C)C. The van der Waals surface area contributed by atoms with E-state index in [-0.39, 0.29) is 0 Å². The Morgan fingerprint density at radius 1 is 0.750 bits per heavy atom. The molecule has 0 saturated carbocycles. The standard InChI is InChI=1S/C7H21N3O2/c1-8(11-9(2,3)4)12-10(5,6)7/h1-7H3/q+2. The van der Waals surface area contributed by atoms with Gasteiger partial charge in [-0.05, 0) is 0 Å². The second-order valence-corrected chi connectivity index (χ2v) is 4.38. The number of hydroxylamine groups is 8. The van der Waals surface area contributed by atoms with E-state index in [0.717, 1.165) is 0 Å². The van der Waals surface area contributed by atoms with Crippen LogP contribution < -0.4 is 0 Å². The van der Waals surface area contributed by atoms with Crippen LogP contribution in [-0.2, 0) is 9.88 Å². The first-order valence-electron chi connectivity index (χ1n) is 3.86. The van der Waals surface area contributed by atoms with E-state index in [1.165, 1.54) is 5.23 Å². The van der Waals surface area contributed by atoms with Gasteiger partial charge in [0, 0.05) is 5.23 Å². The Morgan fingerprint density at radius 3 is 1.17 bits per heavy atom. The van der Waals surface area contributed by atoms with Gasteiger partial charge in [-0.25, -0.2) is 0 Å². The van der Waals surface area contributed by atoms with Crippen molar-refractivity contribution in [3.63, 3.8) is 0 Å². The predicted molar refractivity (Wildman–Crippen MR) is 46.0 cm³/mol. The van der Waals surface area contributed by atoms with Crippen LogP contribution in [0.5, 0.6) is 0 Å². The largest absolute Gasteiger partial charge is 0.164 e. The second kappa shape index (κ2) is 3.68. The fraction of sp³-hybridized carbons (Fsp3) is 1.00. The lowest BCUT2D eigenvalue weighted by molar-refractivity contribution is -1.16. The van der Waals surface area contributed by atoms with Crippen LogP contribution in [0, 0.1) is 0 Å². The molecule has 74 valence electrons. The van der Waals surface area contributed by atoms with Crippen molar-refractivity contribution in [1.82, 2.24) is 5.23 Å². The summed E-state index contributed by atoms with van der Waals surface area (Å²) in [5.41, 5.74) is 0. The number of hydrogen-bond donors (Lipinski definition) is 0. The highest BCUT2D eigenvalue weighted by Gasteiger charge is 2.20. The van der Waals surface area contributed by atoms with Gasteiger partial charge in [-0.15, -0.1) is 0 Å². The van der Waals surface area contributed by atoms with Gasteiger partial charge in [0.05, 0.1) is 7.05 Å². The number of hydrogen-bond acceptors (Lipinski definition) is 3. The van der Waals surface area contributed by atoms with Crippen LogP contribution in [0.1, 0.15) is 0 Å². The van der Waals surface area contributed by atoms with Gasteiger partial charge < -0.3 is 0 Å². The number of nitrogens with zero attached hydrogens (tertiary/aromatic N) is 3. The summed E-state index contributed by atoms with van der Waals surface area (Å²) in [5.74, 6) is 0. The minimum atomic E-state index is 0.372. The van der Waals surface area contributed by atoms with Crippen LogP contribution in [0.2, 0.25) is 0 Å². The van der Waals surface area contributed by atoms with E-state index in [0.29, 0.717) is 9.29 Å². The Morgan fingerprint density at radius 2 is 1.00 bits per heavy atom. The normalized spacial score (nSPS) is 14.0. The van der Waals surface area contributed by atoms with Crippen molar-refractivity contribution < 1.29 is 19.2 Å². The molecule has 5 nitrogen and oxygen atoms in total. The third-order valence-electron chi connectivity index (χ3n) is 0.720. The van der Waals surface area contributed by atoms with Gasteiger partial charge in [-0.2, -0.15) is 9.29 Å². The average Bonchev–Trinajstić information content (AvgIpc) is 1.49. The van der Waals surface area contributed by atoms with Crippen LogP contribution >= 0.6 is 0 Å². The van der Waals surface area contributed by atoms with E-state index < -0.39 is 0 Å². The second-order valence-electron chi connectivity index (χ2n) is 4.38. The number of rotatable bonds is 4. The summed E-state index contributed by atoms with van der Waals surface area (Å²) in [6.45, 7) is 0. The maximum Gasteiger partial charge on any atom is 0.100 e. The van der Waals surface area contributed by atoms with E-state index in [1.807, 2.05) is 42.3 Å². The monoisotopic (exact) mass is 179 g/mol. The van der Waals surface area contributed by atoms with Crippen LogP contribution in [0.4, 0.5) is 0 Å². The molecule has 0 bridgehead atoms. The zero-order valence-electron chi connectivity index (χ0n) is 9.16. The lowest BCUT2D eigenvalue weighted by Crippen LogP contribution is -2.47. The molecule has 0 fully saturated rings. The van der Waals surface area contributed by atoms with Gasteiger partial charge in [0.25, 0.3) is 0 Å². The zero-order chi connectivity index (χ0) is 9.99. The Bertz CT molecular complexity index is 121. The summed E-state index contributed by atoms with van der Waals surface area (Å²) >= 11 is 0. The van der Waals surface area contributed by atoms with E-state index in [1.54, 1.807) is 7.05 Å². The topological polar surface area (TPSA) is 21.7 Å². The average molecular weight is 179 g/mol. The molecular weight excluding hydrogens is 158 g/mol. The smallest absolute Gasteiger partial charge is 0.100 e. The van der Waals surface area contributed by atoms with Gasteiger partial charge in [0.1, 0.15) is 42.3 Å². The van der Waals surface area contributed by atoms with Gasteiger partial charge in [0.2, 0.25) is 0 Å². The highest BCUT2D eigenvalue weighted by atomic mass is 17.1. The molecule has 5 heteroatoms. The minimum Gasteiger partial charge on any atom is -0.164 e. The van der Waals surface area contributed by atoms with Crippen molar-refractivity contribution in [2.75, 3.05) is 49.3 Å². The molecule has 0 unspecified atom stereocenters. The van der Waals surface area contributed by atoms with Crippen molar-refractivity contribution in [3.05, 3.63) is 0 Å². The summed E-state index contributed by atoms with van der Waals surface area (Å²) < 4.78 is 0.743. The first kappa shape index (κ1) is 11.8. The highest BCUT2D eigenvalue weighted by Crippen LogP contribution is 2.02. The Balaban J connectivity index is 3.83. The summed E-state index contributed by atoms with van der Waals surface area (Å²) in [6.07, 6.45) is 0. The molecule has 0 aliphatic heterocycles. The molecule has 0 aliphatic rings. The number of quaternary nitrogens is 2. The van der Waals surface area contributed by atoms with Crippen molar-refractivity contribution >= 4 is 0 Å². The predicted octanol–water partition coefficient (Wildman–Crippen LogP) is 0.0238. The quantitative estimate of drug-likeness (QED) is 0.449. The molecule has 0 spiro atoms. The van der Waals surface area contributed by atoms with E-state index in [9.17, 15) is 0 Å². The summed E-state index contributed by atoms with van der Waals surface area (Å²) in [6, 6.07) is 0. The van der Waals surface area contributed by atoms with Crippen molar-refractivity contribution in [3.8, 4) is 0 Å². The van der Waals surface area contributed by atoms with E-state index in [4.69, 9.17) is 9.88 Å². The van der Waals surface area contributed by atoms with Gasteiger partial charge in [0.15, 0.2) is 0 Å². The van der Waals surface area contributed by atoms with Crippen LogP contribution in [0.3, 0.4) is 0 Å². The van der Waals surface area contributed by atoms with E-state index in [2.05, 4.69) is 0 Å².